The number of anilines is 1. The summed E-state index contributed by atoms with van der Waals surface area (Å²) < 4.78 is 0. The zero-order valence-corrected chi connectivity index (χ0v) is 12.4. The molecule has 3 nitrogen and oxygen atoms in total. The Hall–Kier alpha value is -1.06. The van der Waals surface area contributed by atoms with Crippen LogP contribution in [0, 0.1) is 0 Å². The van der Waals surface area contributed by atoms with Gasteiger partial charge in [0.25, 0.3) is 0 Å². The fourth-order valence-electron chi connectivity index (χ4n) is 3.99. The third kappa shape index (κ3) is 2.70. The van der Waals surface area contributed by atoms with E-state index in [2.05, 4.69) is 41.5 Å². The first-order valence-electron chi connectivity index (χ1n) is 7.97. The molecule has 20 heavy (non-hydrogen) atoms. The zero-order valence-electron chi connectivity index (χ0n) is 12.4. The molecule has 0 radical (unpaired) electrons. The lowest BCUT2D eigenvalue weighted by Crippen LogP contribution is -2.48. The molecule has 0 amide bonds. The van der Waals surface area contributed by atoms with Crippen molar-refractivity contribution in [1.29, 1.82) is 0 Å². The smallest absolute Gasteiger partial charge is 0.0434 e. The van der Waals surface area contributed by atoms with E-state index in [1.165, 1.54) is 36.9 Å². The highest BCUT2D eigenvalue weighted by Crippen LogP contribution is 2.39. The van der Waals surface area contributed by atoms with E-state index < -0.39 is 0 Å². The maximum atomic E-state index is 8.98. The summed E-state index contributed by atoms with van der Waals surface area (Å²) in [5, 5.41) is 12.4. The van der Waals surface area contributed by atoms with E-state index in [-0.39, 0.29) is 6.61 Å². The average Bonchev–Trinajstić information content (AvgIpc) is 2.75. The molecule has 0 saturated carbocycles. The second kappa shape index (κ2) is 6.15. The fourth-order valence-corrected chi connectivity index (χ4v) is 3.99. The van der Waals surface area contributed by atoms with Crippen molar-refractivity contribution < 1.29 is 5.11 Å². The normalized spacial score (nSPS) is 28.9. The lowest BCUT2D eigenvalue weighted by molar-refractivity contribution is 0.288. The van der Waals surface area contributed by atoms with Crippen molar-refractivity contribution in [3.63, 3.8) is 0 Å². The van der Waals surface area contributed by atoms with Crippen molar-refractivity contribution in [3.8, 4) is 0 Å². The van der Waals surface area contributed by atoms with E-state index in [1.54, 1.807) is 0 Å². The van der Waals surface area contributed by atoms with E-state index in [9.17, 15) is 0 Å². The molecule has 1 aromatic rings. The molecule has 3 rings (SSSR count). The Kier molecular flexibility index (Phi) is 4.27. The summed E-state index contributed by atoms with van der Waals surface area (Å²) in [6, 6.07) is 11.1. The Balaban J connectivity index is 1.76. The summed E-state index contributed by atoms with van der Waals surface area (Å²) in [6.45, 7) is 0.281. The standard InChI is InChI=1S/C17H26N2O/c1-18-14-11-16-7-8-17(12-14)19(16)15-6-2-4-13(10-15)5-3-9-20/h2,4,6,10,14,16-18,20H,3,5,7-9,11-12H2,1H3. The zero-order chi connectivity index (χ0) is 13.9. The number of nitrogens with one attached hydrogen (secondary N) is 1. The van der Waals surface area contributed by atoms with Crippen molar-refractivity contribution in [1.82, 2.24) is 5.32 Å². The first-order chi connectivity index (χ1) is 9.81. The second-order valence-corrected chi connectivity index (χ2v) is 6.25. The number of fused-ring (bicyclic) bond motifs is 2. The quantitative estimate of drug-likeness (QED) is 0.865. The first-order valence-corrected chi connectivity index (χ1v) is 7.97. The van der Waals surface area contributed by atoms with E-state index in [0.29, 0.717) is 18.1 Å². The number of piperidine rings is 1. The Morgan fingerprint density at radius 2 is 2.00 bits per heavy atom. The van der Waals surface area contributed by atoms with Gasteiger partial charge in [0, 0.05) is 30.4 Å². The Morgan fingerprint density at radius 1 is 1.25 bits per heavy atom. The highest BCUT2D eigenvalue weighted by molar-refractivity contribution is 5.52. The molecule has 2 N–H and O–H groups in total. The summed E-state index contributed by atoms with van der Waals surface area (Å²) in [6.07, 6.45) is 7.06. The van der Waals surface area contributed by atoms with Gasteiger partial charge in [-0.1, -0.05) is 12.1 Å². The molecule has 0 aliphatic carbocycles. The molecule has 2 saturated heterocycles. The minimum absolute atomic E-state index is 0.281. The van der Waals surface area contributed by atoms with Gasteiger partial charge < -0.3 is 15.3 Å². The lowest BCUT2D eigenvalue weighted by atomic mass is 9.96. The van der Waals surface area contributed by atoms with Crippen LogP contribution in [-0.2, 0) is 6.42 Å². The number of aliphatic hydroxyl groups is 1. The van der Waals surface area contributed by atoms with Gasteiger partial charge in [-0.2, -0.15) is 0 Å². The van der Waals surface area contributed by atoms with Crippen LogP contribution in [0.3, 0.4) is 0 Å². The lowest BCUT2D eigenvalue weighted by Gasteiger charge is -2.40. The van der Waals surface area contributed by atoms with E-state index in [1.807, 2.05) is 0 Å². The average molecular weight is 274 g/mol. The van der Waals surface area contributed by atoms with Crippen molar-refractivity contribution >= 4 is 5.69 Å². The minimum Gasteiger partial charge on any atom is -0.396 e. The van der Waals surface area contributed by atoms with Gasteiger partial charge in [-0.15, -0.1) is 0 Å². The maximum Gasteiger partial charge on any atom is 0.0434 e. The van der Waals surface area contributed by atoms with Crippen molar-refractivity contribution in [2.45, 2.75) is 56.7 Å². The first kappa shape index (κ1) is 13.9. The van der Waals surface area contributed by atoms with Crippen LogP contribution in [0.15, 0.2) is 24.3 Å². The Morgan fingerprint density at radius 3 is 2.65 bits per heavy atom. The van der Waals surface area contributed by atoms with E-state index >= 15 is 0 Å². The van der Waals surface area contributed by atoms with Gasteiger partial charge >= 0.3 is 0 Å². The molecule has 2 heterocycles. The number of benzene rings is 1. The number of rotatable bonds is 5. The number of hydrogen-bond acceptors (Lipinski definition) is 3. The van der Waals surface area contributed by atoms with Crippen molar-refractivity contribution in [3.05, 3.63) is 29.8 Å². The van der Waals surface area contributed by atoms with E-state index in [0.717, 1.165) is 12.8 Å². The van der Waals surface area contributed by atoms with Crippen LogP contribution in [0.25, 0.3) is 0 Å². The molecule has 3 heteroatoms. The van der Waals surface area contributed by atoms with Crippen LogP contribution < -0.4 is 10.2 Å². The Bertz CT molecular complexity index is 434. The minimum atomic E-state index is 0.281. The van der Waals surface area contributed by atoms with Gasteiger partial charge in [-0.25, -0.2) is 0 Å². The summed E-state index contributed by atoms with van der Waals surface area (Å²) in [4.78, 5) is 2.66. The molecular formula is C17H26N2O. The van der Waals surface area contributed by atoms with E-state index in [4.69, 9.17) is 5.11 Å². The molecule has 1 aromatic carbocycles. The molecule has 2 fully saturated rings. The maximum absolute atomic E-state index is 8.98. The predicted octanol–water partition coefficient (Wildman–Crippen LogP) is 2.33. The molecule has 2 bridgehead atoms. The third-order valence-electron chi connectivity index (χ3n) is 4.97. The van der Waals surface area contributed by atoms with Crippen LogP contribution in [0.5, 0.6) is 0 Å². The van der Waals surface area contributed by atoms with Crippen LogP contribution in [0.1, 0.15) is 37.7 Å². The van der Waals surface area contributed by atoms with Crippen LogP contribution in [0.4, 0.5) is 5.69 Å². The van der Waals surface area contributed by atoms with Crippen molar-refractivity contribution in [2.24, 2.45) is 0 Å². The molecule has 2 unspecified atom stereocenters. The summed E-state index contributed by atoms with van der Waals surface area (Å²) >= 11 is 0. The van der Waals surface area contributed by atoms with Gasteiger partial charge in [-0.05, 0) is 63.3 Å². The van der Waals surface area contributed by atoms with Crippen LogP contribution in [-0.4, -0.2) is 36.9 Å². The van der Waals surface area contributed by atoms with Crippen LogP contribution >= 0.6 is 0 Å². The largest absolute Gasteiger partial charge is 0.396 e. The molecule has 0 aromatic heterocycles. The molecule has 2 aliphatic heterocycles. The second-order valence-electron chi connectivity index (χ2n) is 6.25. The van der Waals surface area contributed by atoms with Gasteiger partial charge in [-0.3, -0.25) is 0 Å². The predicted molar refractivity (Wildman–Crippen MR) is 83.2 cm³/mol. The number of aryl methyl sites for hydroxylation is 1. The van der Waals surface area contributed by atoms with Crippen LogP contribution in [0.2, 0.25) is 0 Å². The molecule has 110 valence electrons. The molecule has 0 spiro atoms. The summed E-state index contributed by atoms with van der Waals surface area (Å²) in [5.41, 5.74) is 2.74. The molecule has 2 aliphatic rings. The highest BCUT2D eigenvalue weighted by Gasteiger charge is 2.40. The number of hydrogen-bond donors (Lipinski definition) is 2. The third-order valence-corrected chi connectivity index (χ3v) is 4.97. The highest BCUT2D eigenvalue weighted by atomic mass is 16.2. The van der Waals surface area contributed by atoms with Gasteiger partial charge in [0.15, 0.2) is 0 Å². The Labute approximate surface area is 122 Å². The summed E-state index contributed by atoms with van der Waals surface area (Å²) in [5.74, 6) is 0. The van der Waals surface area contributed by atoms with Gasteiger partial charge in [0.2, 0.25) is 0 Å². The van der Waals surface area contributed by atoms with Crippen molar-refractivity contribution in [2.75, 3.05) is 18.6 Å². The van der Waals surface area contributed by atoms with Gasteiger partial charge in [0.05, 0.1) is 0 Å². The fraction of sp³-hybridized carbons (Fsp3) is 0.647. The SMILES string of the molecule is CNC1CC2CCC(C1)N2c1cccc(CCCO)c1. The summed E-state index contributed by atoms with van der Waals surface area (Å²) in [7, 11) is 2.09. The molecular weight excluding hydrogens is 248 g/mol. The number of aliphatic hydroxyl groups excluding tert-OH is 1. The topological polar surface area (TPSA) is 35.5 Å². The number of nitrogens with zero attached hydrogens (tertiary/aromatic N) is 1. The monoisotopic (exact) mass is 274 g/mol. The van der Waals surface area contributed by atoms with Gasteiger partial charge in [0.1, 0.15) is 0 Å². The molecule has 2 atom stereocenters.